The molecule has 0 bridgehead atoms. The summed E-state index contributed by atoms with van der Waals surface area (Å²) in [5, 5.41) is 3.69. The molecule has 0 saturated carbocycles. The van der Waals surface area contributed by atoms with E-state index in [2.05, 4.69) is 43.4 Å². The lowest BCUT2D eigenvalue weighted by Crippen LogP contribution is -2.19. The molecule has 1 aromatic rings. The Morgan fingerprint density at radius 2 is 1.88 bits per heavy atom. The van der Waals surface area contributed by atoms with Crippen LogP contribution in [0.2, 0.25) is 0 Å². The highest BCUT2D eigenvalue weighted by atomic mass is 14.9. The Hall–Kier alpha value is -0.820. The normalized spacial score (nSPS) is 22.7. The zero-order valence-electron chi connectivity index (χ0n) is 11.2. The lowest BCUT2D eigenvalue weighted by Gasteiger charge is -2.13. The lowest BCUT2D eigenvalue weighted by molar-refractivity contribution is 0.472. The molecule has 0 heterocycles. The molecule has 1 aromatic carbocycles. The van der Waals surface area contributed by atoms with Crippen molar-refractivity contribution in [3.8, 4) is 0 Å². The summed E-state index contributed by atoms with van der Waals surface area (Å²) in [6, 6.07) is 9.63. The minimum Gasteiger partial charge on any atom is -0.310 e. The van der Waals surface area contributed by atoms with Crippen LogP contribution in [-0.2, 0) is 0 Å². The van der Waals surface area contributed by atoms with Gasteiger partial charge in [0.2, 0.25) is 0 Å². The van der Waals surface area contributed by atoms with E-state index in [1.807, 2.05) is 0 Å². The second-order valence-electron chi connectivity index (χ2n) is 5.21. The zero-order chi connectivity index (χ0) is 12.1. The van der Waals surface area contributed by atoms with Gasteiger partial charge in [-0.05, 0) is 42.9 Å². The Kier molecular flexibility index (Phi) is 4.61. The zero-order valence-corrected chi connectivity index (χ0v) is 11.2. The molecule has 0 amide bonds. The molecule has 0 aromatic heterocycles. The number of nitrogens with one attached hydrogen (secondary N) is 1. The van der Waals surface area contributed by atoms with Gasteiger partial charge in [0.25, 0.3) is 0 Å². The molecule has 94 valence electrons. The van der Waals surface area contributed by atoms with Crippen LogP contribution in [0.3, 0.4) is 0 Å². The van der Waals surface area contributed by atoms with Crippen LogP contribution in [0.5, 0.6) is 0 Å². The van der Waals surface area contributed by atoms with Crippen LogP contribution in [0.25, 0.3) is 0 Å². The standard InChI is InChI=1S/C16H25N/c1-3-5-8-13-12-16(17-11-4-2)15-10-7-6-9-14(13)15/h6-7,9-10,13,16-17H,3-5,8,11-12H2,1-2H3/t13-,16+/m0/s1. The van der Waals surface area contributed by atoms with E-state index in [9.17, 15) is 0 Å². The summed E-state index contributed by atoms with van der Waals surface area (Å²) in [5.41, 5.74) is 3.16. The van der Waals surface area contributed by atoms with Crippen molar-refractivity contribution in [1.82, 2.24) is 5.32 Å². The molecule has 0 fully saturated rings. The van der Waals surface area contributed by atoms with Crippen LogP contribution in [0.1, 0.15) is 69.0 Å². The van der Waals surface area contributed by atoms with Crippen molar-refractivity contribution >= 4 is 0 Å². The maximum atomic E-state index is 3.69. The minimum absolute atomic E-state index is 0.605. The van der Waals surface area contributed by atoms with Crippen molar-refractivity contribution in [2.75, 3.05) is 6.54 Å². The molecule has 0 unspecified atom stereocenters. The van der Waals surface area contributed by atoms with E-state index in [4.69, 9.17) is 0 Å². The van der Waals surface area contributed by atoms with Gasteiger partial charge >= 0.3 is 0 Å². The van der Waals surface area contributed by atoms with Crippen molar-refractivity contribution in [3.05, 3.63) is 35.4 Å². The Morgan fingerprint density at radius 3 is 2.59 bits per heavy atom. The van der Waals surface area contributed by atoms with Gasteiger partial charge in [-0.15, -0.1) is 0 Å². The third-order valence-corrected chi connectivity index (χ3v) is 3.88. The molecular formula is C16H25N. The van der Waals surface area contributed by atoms with E-state index in [0.29, 0.717) is 6.04 Å². The topological polar surface area (TPSA) is 12.0 Å². The van der Waals surface area contributed by atoms with Crippen LogP contribution in [0, 0.1) is 0 Å². The highest BCUT2D eigenvalue weighted by molar-refractivity contribution is 5.37. The summed E-state index contributed by atoms with van der Waals surface area (Å²) in [7, 11) is 0. The Labute approximate surface area is 106 Å². The largest absolute Gasteiger partial charge is 0.310 e. The van der Waals surface area contributed by atoms with E-state index >= 15 is 0 Å². The first-order chi connectivity index (χ1) is 8.36. The van der Waals surface area contributed by atoms with Crippen molar-refractivity contribution < 1.29 is 0 Å². The fourth-order valence-corrected chi connectivity index (χ4v) is 2.97. The molecule has 1 heteroatoms. The Bertz CT molecular complexity index is 312. The third-order valence-electron chi connectivity index (χ3n) is 3.88. The van der Waals surface area contributed by atoms with Gasteiger partial charge in [0, 0.05) is 6.04 Å². The number of fused-ring (bicyclic) bond motifs is 1. The second-order valence-corrected chi connectivity index (χ2v) is 5.21. The molecule has 17 heavy (non-hydrogen) atoms. The van der Waals surface area contributed by atoms with E-state index in [1.54, 1.807) is 11.1 Å². The number of hydrogen-bond acceptors (Lipinski definition) is 1. The van der Waals surface area contributed by atoms with Gasteiger partial charge in [0.15, 0.2) is 0 Å². The average Bonchev–Trinajstić information content (AvgIpc) is 2.72. The summed E-state index contributed by atoms with van der Waals surface area (Å²) in [6.07, 6.45) is 6.56. The third kappa shape index (κ3) is 2.90. The summed E-state index contributed by atoms with van der Waals surface area (Å²) in [6.45, 7) is 5.66. The van der Waals surface area contributed by atoms with Gasteiger partial charge < -0.3 is 5.32 Å². The van der Waals surface area contributed by atoms with E-state index in [1.165, 1.54) is 32.1 Å². The van der Waals surface area contributed by atoms with E-state index in [-0.39, 0.29) is 0 Å². The van der Waals surface area contributed by atoms with Crippen molar-refractivity contribution in [2.24, 2.45) is 0 Å². The number of hydrogen-bond donors (Lipinski definition) is 1. The maximum absolute atomic E-state index is 3.69. The highest BCUT2D eigenvalue weighted by Gasteiger charge is 2.29. The second kappa shape index (κ2) is 6.20. The fraction of sp³-hybridized carbons (Fsp3) is 0.625. The van der Waals surface area contributed by atoms with Gasteiger partial charge in [-0.2, -0.15) is 0 Å². The highest BCUT2D eigenvalue weighted by Crippen LogP contribution is 2.42. The van der Waals surface area contributed by atoms with Crippen molar-refractivity contribution in [1.29, 1.82) is 0 Å². The number of rotatable bonds is 6. The first-order valence-electron chi connectivity index (χ1n) is 7.19. The molecule has 0 spiro atoms. The first kappa shape index (κ1) is 12.6. The predicted octanol–water partition coefficient (Wildman–Crippen LogP) is 4.40. The predicted molar refractivity (Wildman–Crippen MR) is 74.4 cm³/mol. The summed E-state index contributed by atoms with van der Waals surface area (Å²) < 4.78 is 0. The van der Waals surface area contributed by atoms with Crippen molar-refractivity contribution in [3.63, 3.8) is 0 Å². The van der Waals surface area contributed by atoms with Crippen molar-refractivity contribution in [2.45, 2.75) is 57.9 Å². The first-order valence-corrected chi connectivity index (χ1v) is 7.19. The van der Waals surface area contributed by atoms with E-state index < -0.39 is 0 Å². The monoisotopic (exact) mass is 231 g/mol. The molecule has 0 saturated heterocycles. The molecule has 1 aliphatic rings. The molecule has 0 radical (unpaired) electrons. The van der Waals surface area contributed by atoms with Gasteiger partial charge in [-0.1, -0.05) is 51.0 Å². The van der Waals surface area contributed by atoms with Crippen LogP contribution in [-0.4, -0.2) is 6.54 Å². The van der Waals surface area contributed by atoms with Crippen LogP contribution in [0.15, 0.2) is 24.3 Å². The Balaban J connectivity index is 2.09. The van der Waals surface area contributed by atoms with Crippen LogP contribution in [0.4, 0.5) is 0 Å². The van der Waals surface area contributed by atoms with Gasteiger partial charge in [-0.3, -0.25) is 0 Å². The SMILES string of the molecule is CCCC[C@H]1C[C@@H](NCCC)c2ccccc21. The van der Waals surface area contributed by atoms with Gasteiger partial charge in [0.1, 0.15) is 0 Å². The smallest absolute Gasteiger partial charge is 0.0328 e. The minimum atomic E-state index is 0.605. The van der Waals surface area contributed by atoms with E-state index in [0.717, 1.165) is 12.5 Å². The molecular weight excluding hydrogens is 206 g/mol. The number of unbranched alkanes of at least 4 members (excludes halogenated alkanes) is 1. The molecule has 2 atom stereocenters. The van der Waals surface area contributed by atoms with Gasteiger partial charge in [-0.25, -0.2) is 0 Å². The van der Waals surface area contributed by atoms with Crippen LogP contribution >= 0.6 is 0 Å². The molecule has 1 nitrogen and oxygen atoms in total. The molecule has 1 N–H and O–H groups in total. The lowest BCUT2D eigenvalue weighted by atomic mass is 9.96. The van der Waals surface area contributed by atoms with Gasteiger partial charge in [0.05, 0.1) is 0 Å². The maximum Gasteiger partial charge on any atom is 0.0328 e. The number of benzene rings is 1. The summed E-state index contributed by atoms with van der Waals surface area (Å²) in [5.74, 6) is 0.792. The Morgan fingerprint density at radius 1 is 1.12 bits per heavy atom. The molecule has 0 aliphatic heterocycles. The summed E-state index contributed by atoms with van der Waals surface area (Å²) in [4.78, 5) is 0. The van der Waals surface area contributed by atoms with Crippen LogP contribution < -0.4 is 5.32 Å². The molecule has 1 aliphatic carbocycles. The fourth-order valence-electron chi connectivity index (χ4n) is 2.97. The molecule has 2 rings (SSSR count). The summed E-state index contributed by atoms with van der Waals surface area (Å²) >= 11 is 0. The quantitative estimate of drug-likeness (QED) is 0.765. The average molecular weight is 231 g/mol.